The van der Waals surface area contributed by atoms with Crippen molar-refractivity contribution in [3.63, 3.8) is 0 Å². The minimum atomic E-state index is -1.47. The lowest BCUT2D eigenvalue weighted by Gasteiger charge is -2.31. The van der Waals surface area contributed by atoms with Gasteiger partial charge < -0.3 is 25.0 Å². The van der Waals surface area contributed by atoms with Crippen molar-refractivity contribution in [2.45, 2.75) is 18.6 Å². The number of carbonyl (C=O) groups excluding carboxylic acids is 3. The number of carboxylic acids is 1. The molecule has 0 spiro atoms. The van der Waals surface area contributed by atoms with Crippen molar-refractivity contribution in [2.24, 2.45) is 0 Å². The van der Waals surface area contributed by atoms with Gasteiger partial charge in [-0.3, -0.25) is 19.2 Å². The monoisotopic (exact) mass is 537 g/mol. The summed E-state index contributed by atoms with van der Waals surface area (Å²) in [6.07, 6.45) is -2.00. The molecule has 4 rings (SSSR count). The van der Waals surface area contributed by atoms with Gasteiger partial charge in [0.25, 0.3) is 17.7 Å². The SMILES string of the molecule is COc1ccc(C(=O)N2CCN(C(=O)c3cccc(F)c3)C2C(=O)NC(CC(=O)O)c2ccc(F)cc2)cc1. The lowest BCUT2D eigenvalue weighted by Crippen LogP contribution is -2.54. The number of nitrogens with one attached hydrogen (secondary N) is 1. The summed E-state index contributed by atoms with van der Waals surface area (Å²) in [7, 11) is 1.47. The van der Waals surface area contributed by atoms with E-state index in [1.54, 1.807) is 12.1 Å². The molecule has 0 aromatic heterocycles. The number of carboxylic acid groups (broad SMARTS) is 1. The molecule has 1 fully saturated rings. The van der Waals surface area contributed by atoms with E-state index in [-0.39, 0.29) is 24.2 Å². The fourth-order valence-corrected chi connectivity index (χ4v) is 4.39. The van der Waals surface area contributed by atoms with Gasteiger partial charge in [-0.1, -0.05) is 18.2 Å². The van der Waals surface area contributed by atoms with Gasteiger partial charge in [0.2, 0.25) is 0 Å². The average Bonchev–Trinajstić information content (AvgIpc) is 3.37. The summed E-state index contributed by atoms with van der Waals surface area (Å²) >= 11 is 0. The van der Waals surface area contributed by atoms with Gasteiger partial charge in [-0.05, 0) is 60.2 Å². The van der Waals surface area contributed by atoms with Crippen LogP contribution in [0.15, 0.2) is 72.8 Å². The topological polar surface area (TPSA) is 116 Å². The molecule has 3 aromatic rings. The predicted molar refractivity (Wildman–Crippen MR) is 135 cm³/mol. The molecule has 11 heteroatoms. The standard InChI is InChI=1S/C28H25F2N3O6/c1-39-22-11-7-18(8-12-22)27(37)32-13-14-33(28(38)19-3-2-4-21(30)15-19)26(32)25(36)31-23(16-24(34)35)17-5-9-20(29)10-6-17/h2-12,15,23,26H,13-14,16H2,1H3,(H,31,36)(H,34,35). The van der Waals surface area contributed by atoms with E-state index in [1.165, 1.54) is 54.5 Å². The normalized spacial score (nSPS) is 15.5. The Labute approximate surface area is 222 Å². The first-order valence-electron chi connectivity index (χ1n) is 12.0. The highest BCUT2D eigenvalue weighted by atomic mass is 19.1. The molecule has 39 heavy (non-hydrogen) atoms. The van der Waals surface area contributed by atoms with Crippen LogP contribution >= 0.6 is 0 Å². The highest BCUT2D eigenvalue weighted by molar-refractivity contribution is 6.02. The third kappa shape index (κ3) is 6.20. The van der Waals surface area contributed by atoms with Crippen molar-refractivity contribution in [1.29, 1.82) is 0 Å². The van der Waals surface area contributed by atoms with E-state index >= 15 is 0 Å². The minimum absolute atomic E-state index is 0.00977. The summed E-state index contributed by atoms with van der Waals surface area (Å²) in [4.78, 5) is 54.4. The van der Waals surface area contributed by atoms with Gasteiger partial charge in [-0.15, -0.1) is 0 Å². The average molecular weight is 538 g/mol. The van der Waals surface area contributed by atoms with Gasteiger partial charge in [0.1, 0.15) is 17.4 Å². The summed E-state index contributed by atoms with van der Waals surface area (Å²) < 4.78 is 32.5. The number of aliphatic carboxylic acids is 1. The number of methoxy groups -OCH3 is 1. The minimum Gasteiger partial charge on any atom is -0.497 e. The third-order valence-corrected chi connectivity index (χ3v) is 6.30. The van der Waals surface area contributed by atoms with Gasteiger partial charge in [0, 0.05) is 24.2 Å². The zero-order chi connectivity index (χ0) is 28.1. The van der Waals surface area contributed by atoms with E-state index in [4.69, 9.17) is 4.74 Å². The number of ether oxygens (including phenoxy) is 1. The number of carbonyl (C=O) groups is 4. The van der Waals surface area contributed by atoms with E-state index in [2.05, 4.69) is 5.32 Å². The molecular weight excluding hydrogens is 512 g/mol. The van der Waals surface area contributed by atoms with E-state index in [1.807, 2.05) is 0 Å². The number of rotatable bonds is 8. The molecule has 2 unspecified atom stereocenters. The first-order valence-corrected chi connectivity index (χ1v) is 12.0. The van der Waals surface area contributed by atoms with Crippen molar-refractivity contribution in [3.8, 4) is 5.75 Å². The molecule has 0 radical (unpaired) electrons. The molecule has 3 aromatic carbocycles. The highest BCUT2D eigenvalue weighted by Gasteiger charge is 2.44. The molecule has 3 amide bonds. The molecule has 9 nitrogen and oxygen atoms in total. The van der Waals surface area contributed by atoms with E-state index in [0.717, 1.165) is 23.1 Å². The Morgan fingerprint density at radius 3 is 2.08 bits per heavy atom. The smallest absolute Gasteiger partial charge is 0.305 e. The molecule has 1 aliphatic rings. The van der Waals surface area contributed by atoms with Crippen molar-refractivity contribution in [2.75, 3.05) is 20.2 Å². The van der Waals surface area contributed by atoms with Crippen LogP contribution in [0.2, 0.25) is 0 Å². The Balaban J connectivity index is 1.68. The van der Waals surface area contributed by atoms with Crippen LogP contribution in [0, 0.1) is 11.6 Å². The maximum atomic E-state index is 13.9. The van der Waals surface area contributed by atoms with Crippen LogP contribution in [0.25, 0.3) is 0 Å². The van der Waals surface area contributed by atoms with Crippen molar-refractivity contribution >= 4 is 23.7 Å². The maximum Gasteiger partial charge on any atom is 0.305 e. The van der Waals surface area contributed by atoms with Gasteiger partial charge in [-0.25, -0.2) is 8.78 Å². The Morgan fingerprint density at radius 1 is 0.897 bits per heavy atom. The first kappa shape index (κ1) is 27.2. The van der Waals surface area contributed by atoms with Crippen molar-refractivity contribution in [1.82, 2.24) is 15.1 Å². The number of hydrogen-bond acceptors (Lipinski definition) is 5. The summed E-state index contributed by atoms with van der Waals surface area (Å²) in [5.74, 6) is -3.96. The largest absolute Gasteiger partial charge is 0.497 e. The molecule has 0 bridgehead atoms. The van der Waals surface area contributed by atoms with Crippen LogP contribution in [-0.2, 0) is 9.59 Å². The van der Waals surface area contributed by atoms with Gasteiger partial charge >= 0.3 is 5.97 Å². The second kappa shape index (κ2) is 11.7. The third-order valence-electron chi connectivity index (χ3n) is 6.30. The number of hydrogen-bond donors (Lipinski definition) is 2. The van der Waals surface area contributed by atoms with Crippen molar-refractivity contribution < 1.29 is 37.8 Å². The van der Waals surface area contributed by atoms with E-state index < -0.39 is 54.0 Å². The molecule has 202 valence electrons. The Bertz CT molecular complexity index is 1380. The van der Waals surface area contributed by atoms with Crippen LogP contribution < -0.4 is 10.1 Å². The summed E-state index contributed by atoms with van der Waals surface area (Å²) in [5.41, 5.74) is 0.530. The zero-order valence-corrected chi connectivity index (χ0v) is 20.8. The molecule has 1 aliphatic heterocycles. The molecule has 2 atom stereocenters. The van der Waals surface area contributed by atoms with Crippen LogP contribution in [0.3, 0.4) is 0 Å². The quantitative estimate of drug-likeness (QED) is 0.456. The van der Waals surface area contributed by atoms with Gasteiger partial charge in [0.15, 0.2) is 6.17 Å². The van der Waals surface area contributed by atoms with E-state index in [0.29, 0.717) is 11.3 Å². The Morgan fingerprint density at radius 2 is 1.51 bits per heavy atom. The maximum absolute atomic E-state index is 13.9. The van der Waals surface area contributed by atoms with Gasteiger partial charge in [0.05, 0.1) is 19.6 Å². The highest BCUT2D eigenvalue weighted by Crippen LogP contribution is 2.25. The Hall–Kier alpha value is -4.80. The van der Waals surface area contributed by atoms with Crippen LogP contribution in [-0.4, -0.2) is 65.0 Å². The van der Waals surface area contributed by atoms with E-state index in [9.17, 15) is 33.1 Å². The first-order chi connectivity index (χ1) is 18.7. The molecule has 0 aliphatic carbocycles. The molecular formula is C28H25F2N3O6. The molecule has 2 N–H and O–H groups in total. The fraction of sp³-hybridized carbons (Fsp3) is 0.214. The zero-order valence-electron chi connectivity index (χ0n) is 20.8. The van der Waals surface area contributed by atoms with Crippen LogP contribution in [0.1, 0.15) is 38.7 Å². The molecule has 0 saturated carbocycles. The van der Waals surface area contributed by atoms with Gasteiger partial charge in [-0.2, -0.15) is 0 Å². The van der Waals surface area contributed by atoms with Crippen LogP contribution in [0.5, 0.6) is 5.75 Å². The lowest BCUT2D eigenvalue weighted by atomic mass is 10.0. The second-order valence-electron chi connectivity index (χ2n) is 8.82. The number of nitrogens with zero attached hydrogens (tertiary/aromatic N) is 2. The lowest BCUT2D eigenvalue weighted by molar-refractivity contribution is -0.138. The fourth-order valence-electron chi connectivity index (χ4n) is 4.39. The number of amides is 3. The number of benzene rings is 3. The molecule has 1 heterocycles. The Kier molecular flexibility index (Phi) is 8.18. The molecule has 1 saturated heterocycles. The predicted octanol–water partition coefficient (Wildman–Crippen LogP) is 3.23. The van der Waals surface area contributed by atoms with Crippen LogP contribution in [0.4, 0.5) is 8.78 Å². The van der Waals surface area contributed by atoms with Crippen molar-refractivity contribution in [3.05, 3.63) is 101 Å². The summed E-state index contributed by atoms with van der Waals surface area (Å²) in [6, 6.07) is 15.0. The number of halogens is 2. The summed E-state index contributed by atoms with van der Waals surface area (Å²) in [5, 5.41) is 12.0. The summed E-state index contributed by atoms with van der Waals surface area (Å²) in [6.45, 7) is -0.0420. The second-order valence-corrected chi connectivity index (χ2v) is 8.82.